The zero-order valence-corrected chi connectivity index (χ0v) is 19.0. The minimum absolute atomic E-state index is 0.165. The van der Waals surface area contributed by atoms with Crippen LogP contribution in [-0.4, -0.2) is 109 Å². The fraction of sp³-hybridized carbons (Fsp3) is 1.00. The summed E-state index contributed by atoms with van der Waals surface area (Å²) in [6, 6.07) is 0. The molecule has 2 heterocycles. The molecule has 2 fully saturated rings. The summed E-state index contributed by atoms with van der Waals surface area (Å²) in [5, 5.41) is 31.2. The van der Waals surface area contributed by atoms with E-state index in [4.69, 9.17) is 28.1 Å². The van der Waals surface area contributed by atoms with Crippen LogP contribution in [0.1, 0.15) is 27.2 Å². The Kier molecular flexibility index (Phi) is 9.36. The molecule has 2 aliphatic heterocycles. The Balaban J connectivity index is 2.26. The molecule has 0 bridgehead atoms. The second-order valence-electron chi connectivity index (χ2n) is 7.34. The van der Waals surface area contributed by atoms with Crippen molar-refractivity contribution in [2.24, 2.45) is 0 Å². The topological polar surface area (TPSA) is 225 Å². The summed E-state index contributed by atoms with van der Waals surface area (Å²) in [6.07, 6.45) is -15.4. The summed E-state index contributed by atoms with van der Waals surface area (Å²) in [5.74, 6) is 0. The van der Waals surface area contributed by atoms with Gasteiger partial charge in [0.15, 0.2) is 12.6 Å². The van der Waals surface area contributed by atoms with Gasteiger partial charge in [-0.1, -0.05) is 6.92 Å². The number of aliphatic hydroxyl groups is 3. The van der Waals surface area contributed by atoms with Gasteiger partial charge in [-0.05, 0) is 20.3 Å². The van der Waals surface area contributed by atoms with Crippen molar-refractivity contribution in [1.29, 1.82) is 0 Å². The molecular formula is C15H28O15S2. The molecular weight excluding hydrogens is 484 g/mol. The molecule has 0 amide bonds. The fourth-order valence-electron chi connectivity index (χ4n) is 3.33. The van der Waals surface area contributed by atoms with Gasteiger partial charge < -0.3 is 34.3 Å². The first-order valence-corrected chi connectivity index (χ1v) is 12.3. The molecule has 2 rings (SSSR count). The summed E-state index contributed by atoms with van der Waals surface area (Å²) in [5.41, 5.74) is 0. The quantitative estimate of drug-likeness (QED) is 0.206. The Hall–Kier alpha value is -0.540. The zero-order chi connectivity index (χ0) is 24.4. The van der Waals surface area contributed by atoms with E-state index in [0.29, 0.717) is 6.42 Å². The van der Waals surface area contributed by atoms with E-state index in [1.807, 2.05) is 0 Å². The van der Waals surface area contributed by atoms with Crippen LogP contribution in [0.3, 0.4) is 0 Å². The van der Waals surface area contributed by atoms with Gasteiger partial charge >= 0.3 is 20.8 Å². The zero-order valence-electron chi connectivity index (χ0n) is 17.3. The van der Waals surface area contributed by atoms with Gasteiger partial charge in [-0.25, -0.2) is 8.37 Å². The van der Waals surface area contributed by atoms with Gasteiger partial charge in [0.25, 0.3) is 0 Å². The van der Waals surface area contributed by atoms with E-state index in [9.17, 15) is 32.2 Å². The molecule has 15 nitrogen and oxygen atoms in total. The number of rotatable bonds is 9. The maximum atomic E-state index is 11.3. The SMILES string of the molecule is CCCO[C@@H]1O[C@@H](C)[C@@H](OS(=O)(=O)O)[C@@H](O[C@@H]2O[C@@H](C)[C@@H](OS(=O)(=O)O)[C@@H](O)[C@@H]2O)[C@@H]1O. The highest BCUT2D eigenvalue weighted by atomic mass is 32.3. The van der Waals surface area contributed by atoms with Gasteiger partial charge in [0.05, 0.1) is 12.2 Å². The fourth-order valence-corrected chi connectivity index (χ4v) is 4.43. The van der Waals surface area contributed by atoms with Crippen LogP contribution < -0.4 is 0 Å². The van der Waals surface area contributed by atoms with E-state index in [2.05, 4.69) is 8.37 Å². The van der Waals surface area contributed by atoms with Crippen molar-refractivity contribution in [3.63, 3.8) is 0 Å². The number of aliphatic hydroxyl groups excluding tert-OH is 3. The van der Waals surface area contributed by atoms with E-state index in [1.165, 1.54) is 13.8 Å². The first-order chi connectivity index (χ1) is 14.6. The lowest BCUT2D eigenvalue weighted by molar-refractivity contribution is -0.350. The summed E-state index contributed by atoms with van der Waals surface area (Å²) in [6.45, 7) is 4.55. The Labute approximate surface area is 185 Å². The molecule has 32 heavy (non-hydrogen) atoms. The molecule has 0 aliphatic carbocycles. The van der Waals surface area contributed by atoms with Crippen molar-refractivity contribution in [1.82, 2.24) is 0 Å². The second-order valence-corrected chi connectivity index (χ2v) is 9.44. The number of hydrogen-bond acceptors (Lipinski definition) is 13. The Morgan fingerprint density at radius 2 is 1.25 bits per heavy atom. The lowest BCUT2D eigenvalue weighted by atomic mass is 9.97. The normalized spacial score (nSPS) is 41.5. The van der Waals surface area contributed by atoms with Crippen molar-refractivity contribution in [2.75, 3.05) is 6.61 Å². The van der Waals surface area contributed by atoms with Crippen molar-refractivity contribution in [3.05, 3.63) is 0 Å². The molecule has 2 saturated heterocycles. The van der Waals surface area contributed by atoms with E-state index >= 15 is 0 Å². The molecule has 0 aromatic heterocycles. The van der Waals surface area contributed by atoms with Crippen LogP contribution in [0.2, 0.25) is 0 Å². The van der Waals surface area contributed by atoms with Crippen LogP contribution in [0.4, 0.5) is 0 Å². The van der Waals surface area contributed by atoms with Gasteiger partial charge in [0, 0.05) is 6.61 Å². The van der Waals surface area contributed by atoms with E-state index in [1.54, 1.807) is 6.92 Å². The highest BCUT2D eigenvalue weighted by Gasteiger charge is 2.52. The van der Waals surface area contributed by atoms with Crippen LogP contribution in [-0.2, 0) is 48.1 Å². The lowest BCUT2D eigenvalue weighted by Gasteiger charge is -2.46. The molecule has 10 atom stereocenters. The maximum absolute atomic E-state index is 11.3. The maximum Gasteiger partial charge on any atom is 0.397 e. The summed E-state index contributed by atoms with van der Waals surface area (Å²) >= 11 is 0. The molecule has 0 aromatic rings. The Bertz CT molecular complexity index is 817. The Morgan fingerprint density at radius 1 is 0.750 bits per heavy atom. The largest absolute Gasteiger partial charge is 0.397 e. The van der Waals surface area contributed by atoms with Crippen molar-refractivity contribution in [3.8, 4) is 0 Å². The summed E-state index contributed by atoms with van der Waals surface area (Å²) in [7, 11) is -10.0. The molecule has 0 spiro atoms. The molecule has 17 heteroatoms. The first kappa shape index (κ1) is 27.7. The summed E-state index contributed by atoms with van der Waals surface area (Å²) < 4.78 is 92.9. The molecule has 0 saturated carbocycles. The van der Waals surface area contributed by atoms with Crippen molar-refractivity contribution < 1.29 is 68.6 Å². The third-order valence-electron chi connectivity index (χ3n) is 4.77. The average Bonchev–Trinajstić information content (AvgIpc) is 2.65. The standard InChI is InChI=1S/C15H28O15S2/c1-4-5-25-14-10(18)13(12(7(3)26-14)30-32(22,23)24)28-15-9(17)8(16)11(6(2)27-15)29-31(19,20)21/h6-18H,4-5H2,1-3H3,(H,19,20,21)(H,22,23,24)/t6-,7-,8-,9-,10-,11+,12+,13-,14+,15-/m0/s1. The Morgan fingerprint density at radius 3 is 1.78 bits per heavy atom. The van der Waals surface area contributed by atoms with Gasteiger partial charge in [0.1, 0.15) is 36.6 Å². The van der Waals surface area contributed by atoms with Gasteiger partial charge in [-0.2, -0.15) is 16.8 Å². The van der Waals surface area contributed by atoms with E-state index in [0.717, 1.165) is 0 Å². The highest BCUT2D eigenvalue weighted by molar-refractivity contribution is 7.81. The second kappa shape index (κ2) is 10.8. The van der Waals surface area contributed by atoms with E-state index < -0.39 is 82.2 Å². The minimum Gasteiger partial charge on any atom is -0.387 e. The highest BCUT2D eigenvalue weighted by Crippen LogP contribution is 2.32. The van der Waals surface area contributed by atoms with Crippen LogP contribution in [0.15, 0.2) is 0 Å². The van der Waals surface area contributed by atoms with Crippen LogP contribution in [0.25, 0.3) is 0 Å². The van der Waals surface area contributed by atoms with Crippen LogP contribution in [0.5, 0.6) is 0 Å². The minimum atomic E-state index is -5.03. The lowest BCUT2D eigenvalue weighted by Crippen LogP contribution is -2.64. The van der Waals surface area contributed by atoms with Gasteiger partial charge in [0.2, 0.25) is 0 Å². The first-order valence-electron chi connectivity index (χ1n) is 9.58. The predicted octanol–water partition coefficient (Wildman–Crippen LogP) is -2.25. The van der Waals surface area contributed by atoms with Gasteiger partial charge in [-0.3, -0.25) is 9.11 Å². The smallest absolute Gasteiger partial charge is 0.387 e. The van der Waals surface area contributed by atoms with Crippen molar-refractivity contribution in [2.45, 2.75) is 88.6 Å². The predicted molar refractivity (Wildman–Crippen MR) is 101 cm³/mol. The molecule has 190 valence electrons. The average molecular weight is 513 g/mol. The van der Waals surface area contributed by atoms with Gasteiger partial charge in [-0.15, -0.1) is 0 Å². The molecule has 0 radical (unpaired) electrons. The monoisotopic (exact) mass is 512 g/mol. The third-order valence-corrected chi connectivity index (χ3v) is 5.70. The molecule has 0 unspecified atom stereocenters. The third kappa shape index (κ3) is 7.23. The summed E-state index contributed by atoms with van der Waals surface area (Å²) in [4.78, 5) is 0. The molecule has 2 aliphatic rings. The molecule has 0 aromatic carbocycles. The van der Waals surface area contributed by atoms with E-state index in [-0.39, 0.29) is 6.61 Å². The number of ether oxygens (including phenoxy) is 4. The van der Waals surface area contributed by atoms with Crippen LogP contribution in [0, 0.1) is 0 Å². The van der Waals surface area contributed by atoms with Crippen LogP contribution >= 0.6 is 0 Å². The van der Waals surface area contributed by atoms with Crippen molar-refractivity contribution >= 4 is 20.8 Å². The number of hydrogen-bond donors (Lipinski definition) is 5. The molecule has 5 N–H and O–H groups in total.